The Kier molecular flexibility index (Phi) is 4.73. The molecule has 2 fully saturated rings. The first-order chi connectivity index (χ1) is 10.6. The molecule has 1 aromatic rings. The van der Waals surface area contributed by atoms with Crippen LogP contribution in [0.15, 0.2) is 4.52 Å². The molecule has 2 N–H and O–H groups in total. The molecule has 1 saturated carbocycles. The number of amides is 1. The summed E-state index contributed by atoms with van der Waals surface area (Å²) in [7, 11) is 0. The van der Waals surface area contributed by atoms with Gasteiger partial charge in [-0.1, -0.05) is 5.16 Å². The number of hydrogen-bond acceptors (Lipinski definition) is 6. The highest BCUT2D eigenvalue weighted by molar-refractivity contribution is 5.76. The summed E-state index contributed by atoms with van der Waals surface area (Å²) >= 11 is 0. The molecule has 1 aromatic heterocycles. The van der Waals surface area contributed by atoms with Crippen molar-refractivity contribution in [2.24, 2.45) is 5.73 Å². The maximum absolute atomic E-state index is 12.1. The van der Waals surface area contributed by atoms with Crippen molar-refractivity contribution in [1.82, 2.24) is 19.9 Å². The van der Waals surface area contributed by atoms with Gasteiger partial charge in [0.05, 0.1) is 6.54 Å². The van der Waals surface area contributed by atoms with Gasteiger partial charge in [0.15, 0.2) is 5.82 Å². The van der Waals surface area contributed by atoms with Crippen molar-refractivity contribution in [1.29, 1.82) is 0 Å². The molecule has 3 rings (SSSR count). The summed E-state index contributed by atoms with van der Waals surface area (Å²) in [5, 5.41) is 4.07. The topological polar surface area (TPSA) is 88.5 Å². The number of rotatable bonds is 5. The third kappa shape index (κ3) is 4.04. The Morgan fingerprint density at radius 1 is 1.36 bits per heavy atom. The molecule has 122 valence electrons. The average molecular weight is 307 g/mol. The summed E-state index contributed by atoms with van der Waals surface area (Å²) in [4.78, 5) is 20.8. The zero-order chi connectivity index (χ0) is 15.5. The molecular formula is C15H25N5O2. The molecule has 0 spiro atoms. The van der Waals surface area contributed by atoms with E-state index in [0.717, 1.165) is 44.3 Å². The van der Waals surface area contributed by atoms with Gasteiger partial charge in [-0.3, -0.25) is 9.69 Å². The van der Waals surface area contributed by atoms with Crippen LogP contribution in [-0.4, -0.2) is 58.1 Å². The predicted molar refractivity (Wildman–Crippen MR) is 81.0 cm³/mol. The van der Waals surface area contributed by atoms with Gasteiger partial charge in [-0.15, -0.1) is 0 Å². The predicted octanol–water partition coefficient (Wildman–Crippen LogP) is 0.719. The minimum Gasteiger partial charge on any atom is -0.341 e. The summed E-state index contributed by atoms with van der Waals surface area (Å²) in [5.74, 6) is 2.21. The largest absolute Gasteiger partial charge is 0.341 e. The Hall–Kier alpha value is -1.47. The van der Waals surface area contributed by atoms with Crippen LogP contribution < -0.4 is 5.73 Å². The van der Waals surface area contributed by atoms with Crippen LogP contribution in [0.25, 0.3) is 0 Å². The van der Waals surface area contributed by atoms with Crippen molar-refractivity contribution in [3.63, 3.8) is 0 Å². The lowest BCUT2D eigenvalue weighted by atomic mass is 10.2. The molecule has 1 atom stereocenters. The molecule has 2 aliphatic rings. The fourth-order valence-electron chi connectivity index (χ4n) is 2.81. The van der Waals surface area contributed by atoms with Crippen molar-refractivity contribution in [3.05, 3.63) is 11.7 Å². The second-order valence-electron chi connectivity index (χ2n) is 6.52. The minimum absolute atomic E-state index is 0.0768. The van der Waals surface area contributed by atoms with E-state index in [2.05, 4.69) is 15.0 Å². The van der Waals surface area contributed by atoms with Gasteiger partial charge in [-0.2, -0.15) is 4.98 Å². The van der Waals surface area contributed by atoms with Gasteiger partial charge in [-0.05, 0) is 26.2 Å². The Labute approximate surface area is 130 Å². The van der Waals surface area contributed by atoms with E-state index in [-0.39, 0.29) is 11.9 Å². The minimum atomic E-state index is -0.0768. The molecule has 7 heteroatoms. The quantitative estimate of drug-likeness (QED) is 0.862. The standard InChI is InChI=1S/C15H25N5O2/c1-11(16)9-14(21)20-6-2-5-19(7-8-20)10-13-17-15(22-18-13)12-3-4-12/h11-12H,2-10,16H2,1H3. The Morgan fingerprint density at radius 3 is 2.91 bits per heavy atom. The van der Waals surface area contributed by atoms with E-state index in [0.29, 0.717) is 18.9 Å². The average Bonchev–Trinajstić information content (AvgIpc) is 3.24. The lowest BCUT2D eigenvalue weighted by Gasteiger charge is -2.22. The van der Waals surface area contributed by atoms with Crippen molar-refractivity contribution in [2.45, 2.75) is 51.1 Å². The number of nitrogens with zero attached hydrogens (tertiary/aromatic N) is 4. The van der Waals surface area contributed by atoms with Gasteiger partial charge in [0.1, 0.15) is 0 Å². The molecular weight excluding hydrogens is 282 g/mol. The highest BCUT2D eigenvalue weighted by Crippen LogP contribution is 2.38. The highest BCUT2D eigenvalue weighted by Gasteiger charge is 2.30. The third-order valence-corrected chi connectivity index (χ3v) is 4.21. The number of nitrogens with two attached hydrogens (primary N) is 1. The number of carbonyl (C=O) groups is 1. The molecule has 0 radical (unpaired) electrons. The Balaban J connectivity index is 1.50. The van der Waals surface area contributed by atoms with Crippen LogP contribution in [0.1, 0.15) is 50.2 Å². The van der Waals surface area contributed by atoms with Gasteiger partial charge in [0.2, 0.25) is 11.8 Å². The van der Waals surface area contributed by atoms with E-state index in [1.54, 1.807) is 0 Å². The van der Waals surface area contributed by atoms with Crippen LogP contribution in [0.4, 0.5) is 0 Å². The molecule has 0 bridgehead atoms. The van der Waals surface area contributed by atoms with Crippen LogP contribution >= 0.6 is 0 Å². The molecule has 22 heavy (non-hydrogen) atoms. The van der Waals surface area contributed by atoms with E-state index in [9.17, 15) is 4.79 Å². The first-order valence-electron chi connectivity index (χ1n) is 8.20. The van der Waals surface area contributed by atoms with Crippen molar-refractivity contribution >= 4 is 5.91 Å². The SMILES string of the molecule is CC(N)CC(=O)N1CCCN(Cc2noc(C3CC3)n2)CC1. The van der Waals surface area contributed by atoms with E-state index < -0.39 is 0 Å². The Bertz CT molecular complexity index is 512. The molecule has 1 aliphatic heterocycles. The molecule has 1 aliphatic carbocycles. The first kappa shape index (κ1) is 15.4. The van der Waals surface area contributed by atoms with Gasteiger partial charge in [0.25, 0.3) is 0 Å². The molecule has 0 aromatic carbocycles. The molecule has 7 nitrogen and oxygen atoms in total. The maximum Gasteiger partial charge on any atom is 0.229 e. The van der Waals surface area contributed by atoms with Crippen molar-refractivity contribution < 1.29 is 9.32 Å². The van der Waals surface area contributed by atoms with Crippen LogP contribution in [0, 0.1) is 0 Å². The summed E-state index contributed by atoms with van der Waals surface area (Å²) in [5.41, 5.74) is 5.72. The Morgan fingerprint density at radius 2 is 2.18 bits per heavy atom. The summed E-state index contributed by atoms with van der Waals surface area (Å²) < 4.78 is 5.30. The zero-order valence-corrected chi connectivity index (χ0v) is 13.2. The van der Waals surface area contributed by atoms with E-state index >= 15 is 0 Å². The lowest BCUT2D eigenvalue weighted by Crippen LogP contribution is -2.37. The van der Waals surface area contributed by atoms with Crippen LogP contribution in [0.2, 0.25) is 0 Å². The molecule has 2 heterocycles. The molecule has 1 saturated heterocycles. The summed E-state index contributed by atoms with van der Waals surface area (Å²) in [6.45, 7) is 5.93. The van der Waals surface area contributed by atoms with Crippen LogP contribution in [0.5, 0.6) is 0 Å². The lowest BCUT2D eigenvalue weighted by molar-refractivity contribution is -0.131. The van der Waals surface area contributed by atoms with Crippen molar-refractivity contribution in [2.75, 3.05) is 26.2 Å². The number of hydrogen-bond donors (Lipinski definition) is 1. The third-order valence-electron chi connectivity index (χ3n) is 4.21. The van der Waals surface area contributed by atoms with Gasteiger partial charge >= 0.3 is 0 Å². The first-order valence-corrected chi connectivity index (χ1v) is 8.20. The zero-order valence-electron chi connectivity index (χ0n) is 13.2. The maximum atomic E-state index is 12.1. The van der Waals surface area contributed by atoms with Gasteiger partial charge in [0, 0.05) is 44.6 Å². The highest BCUT2D eigenvalue weighted by atomic mass is 16.5. The monoisotopic (exact) mass is 307 g/mol. The molecule has 1 amide bonds. The van der Waals surface area contributed by atoms with Crippen molar-refractivity contribution in [3.8, 4) is 0 Å². The normalized spacial score (nSPS) is 21.6. The second-order valence-corrected chi connectivity index (χ2v) is 6.52. The van der Waals surface area contributed by atoms with Gasteiger partial charge < -0.3 is 15.2 Å². The van der Waals surface area contributed by atoms with E-state index in [1.165, 1.54) is 12.8 Å². The number of aromatic nitrogens is 2. The van der Waals surface area contributed by atoms with E-state index in [1.807, 2.05) is 11.8 Å². The number of carbonyl (C=O) groups excluding carboxylic acids is 1. The second kappa shape index (κ2) is 6.75. The summed E-state index contributed by atoms with van der Waals surface area (Å²) in [6, 6.07) is -0.0768. The smallest absolute Gasteiger partial charge is 0.229 e. The van der Waals surface area contributed by atoms with Crippen LogP contribution in [-0.2, 0) is 11.3 Å². The fraction of sp³-hybridized carbons (Fsp3) is 0.800. The molecule has 1 unspecified atom stereocenters. The summed E-state index contributed by atoms with van der Waals surface area (Å²) in [6.07, 6.45) is 3.73. The van der Waals surface area contributed by atoms with Gasteiger partial charge in [-0.25, -0.2) is 0 Å². The van der Waals surface area contributed by atoms with E-state index in [4.69, 9.17) is 10.3 Å². The van der Waals surface area contributed by atoms with Crippen LogP contribution in [0.3, 0.4) is 0 Å². The fourth-order valence-corrected chi connectivity index (χ4v) is 2.81.